The minimum Gasteiger partial charge on any atom is -0.508 e. The summed E-state index contributed by atoms with van der Waals surface area (Å²) in [6, 6.07) is 13.7. The van der Waals surface area contributed by atoms with E-state index >= 15 is 0 Å². The Morgan fingerprint density at radius 3 is 2.52 bits per heavy atom. The zero-order valence-electron chi connectivity index (χ0n) is 15.9. The number of benzene rings is 2. The number of carbonyl (C=O) groups excluding carboxylic acids is 1. The summed E-state index contributed by atoms with van der Waals surface area (Å²) in [7, 11) is 0. The Bertz CT molecular complexity index is 776. The van der Waals surface area contributed by atoms with Gasteiger partial charge < -0.3 is 10.0 Å². The number of phenolic OH excluding ortho intramolecular Hbond substituents is 1. The highest BCUT2D eigenvalue weighted by molar-refractivity contribution is 5.77. The molecule has 2 aromatic rings. The van der Waals surface area contributed by atoms with Gasteiger partial charge in [0.25, 0.3) is 0 Å². The summed E-state index contributed by atoms with van der Waals surface area (Å²) >= 11 is 0. The van der Waals surface area contributed by atoms with E-state index in [1.807, 2.05) is 17.0 Å². The smallest absolute Gasteiger partial charge is 0.224 e. The van der Waals surface area contributed by atoms with Crippen LogP contribution in [-0.4, -0.2) is 39.9 Å². The second-order valence-corrected chi connectivity index (χ2v) is 7.61. The topological polar surface area (TPSA) is 43.8 Å². The quantitative estimate of drug-likeness (QED) is 0.871. The van der Waals surface area contributed by atoms with Crippen molar-refractivity contribution in [3.05, 3.63) is 65.5 Å². The van der Waals surface area contributed by atoms with E-state index in [9.17, 15) is 14.3 Å². The van der Waals surface area contributed by atoms with E-state index in [1.54, 1.807) is 24.3 Å². The van der Waals surface area contributed by atoms with Gasteiger partial charge in [-0.2, -0.15) is 0 Å². The molecule has 0 saturated carbocycles. The molecular formula is C22H27FN2O2. The van der Waals surface area contributed by atoms with Crippen LogP contribution in [0.15, 0.2) is 48.5 Å². The minimum atomic E-state index is -0.265. The second kappa shape index (κ2) is 8.53. The first-order valence-electron chi connectivity index (χ1n) is 9.46. The molecule has 0 aliphatic carbocycles. The van der Waals surface area contributed by atoms with Gasteiger partial charge in [-0.05, 0) is 41.3 Å². The molecule has 1 atom stereocenters. The van der Waals surface area contributed by atoms with Gasteiger partial charge in [0.1, 0.15) is 11.6 Å². The maximum atomic E-state index is 13.2. The first kappa shape index (κ1) is 19.4. The predicted octanol–water partition coefficient (Wildman–Crippen LogP) is 3.79. The Hall–Kier alpha value is -2.40. The van der Waals surface area contributed by atoms with Crippen LogP contribution in [0, 0.1) is 11.7 Å². The lowest BCUT2D eigenvalue weighted by Gasteiger charge is -2.35. The fourth-order valence-electron chi connectivity index (χ4n) is 3.66. The van der Waals surface area contributed by atoms with E-state index in [4.69, 9.17) is 0 Å². The Morgan fingerprint density at radius 1 is 1.11 bits per heavy atom. The van der Waals surface area contributed by atoms with E-state index in [0.29, 0.717) is 32.0 Å². The Labute approximate surface area is 160 Å². The number of hydrogen-bond acceptors (Lipinski definition) is 3. The highest BCUT2D eigenvalue weighted by atomic mass is 19.1. The van der Waals surface area contributed by atoms with Crippen LogP contribution >= 0.6 is 0 Å². The molecule has 0 unspecified atom stereocenters. The molecule has 1 N–H and O–H groups in total. The van der Waals surface area contributed by atoms with Crippen LogP contribution in [0.1, 0.15) is 31.4 Å². The molecule has 1 aliphatic rings. The van der Waals surface area contributed by atoms with Gasteiger partial charge in [-0.1, -0.05) is 38.1 Å². The van der Waals surface area contributed by atoms with Gasteiger partial charge in [0.2, 0.25) is 5.91 Å². The van der Waals surface area contributed by atoms with Crippen LogP contribution in [-0.2, 0) is 17.9 Å². The lowest BCUT2D eigenvalue weighted by atomic mass is 10.0. The summed E-state index contributed by atoms with van der Waals surface area (Å²) in [6.07, 6.45) is 0.462. The van der Waals surface area contributed by atoms with Crippen molar-refractivity contribution in [1.29, 1.82) is 0 Å². The van der Waals surface area contributed by atoms with E-state index in [0.717, 1.165) is 17.7 Å². The van der Waals surface area contributed by atoms with Crippen molar-refractivity contribution >= 4 is 5.91 Å². The van der Waals surface area contributed by atoms with Crippen LogP contribution in [0.5, 0.6) is 5.75 Å². The molecule has 1 saturated heterocycles. The largest absolute Gasteiger partial charge is 0.508 e. The number of hydrogen-bond donors (Lipinski definition) is 1. The van der Waals surface area contributed by atoms with Gasteiger partial charge in [0.15, 0.2) is 0 Å². The highest BCUT2D eigenvalue weighted by Gasteiger charge is 2.31. The van der Waals surface area contributed by atoms with Gasteiger partial charge in [-0.25, -0.2) is 4.39 Å². The van der Waals surface area contributed by atoms with Crippen LogP contribution in [0.3, 0.4) is 0 Å². The molecule has 1 fully saturated rings. The first-order chi connectivity index (χ1) is 12.9. The van der Waals surface area contributed by atoms with Crippen molar-refractivity contribution in [3.8, 4) is 5.75 Å². The molecule has 0 radical (unpaired) electrons. The molecule has 4 nitrogen and oxygen atoms in total. The third kappa shape index (κ3) is 5.07. The number of amides is 1. The molecule has 3 rings (SSSR count). The standard InChI is InChI=1S/C22H27FN2O2/c1-16(2)21-15-24(13-18-4-3-5-20(26)12-18)11-10-22(27)25(21)14-17-6-8-19(23)9-7-17/h3-9,12,16,21,26H,10-11,13-15H2,1-2H3/t21-/m0/s1. The lowest BCUT2D eigenvalue weighted by molar-refractivity contribution is -0.134. The molecule has 1 heterocycles. The fourth-order valence-corrected chi connectivity index (χ4v) is 3.66. The third-order valence-corrected chi connectivity index (χ3v) is 5.16. The Kier molecular flexibility index (Phi) is 6.11. The van der Waals surface area contributed by atoms with E-state index in [1.165, 1.54) is 12.1 Å². The molecular weight excluding hydrogens is 343 g/mol. The second-order valence-electron chi connectivity index (χ2n) is 7.61. The number of halogens is 1. The predicted molar refractivity (Wildman–Crippen MR) is 104 cm³/mol. The van der Waals surface area contributed by atoms with Crippen LogP contribution < -0.4 is 0 Å². The lowest BCUT2D eigenvalue weighted by Crippen LogP contribution is -2.45. The molecule has 0 bridgehead atoms. The van der Waals surface area contributed by atoms with Gasteiger partial charge in [-0.15, -0.1) is 0 Å². The van der Waals surface area contributed by atoms with Crippen molar-refractivity contribution in [2.24, 2.45) is 5.92 Å². The molecule has 5 heteroatoms. The summed E-state index contributed by atoms with van der Waals surface area (Å²) in [5.74, 6) is 0.436. The summed E-state index contributed by atoms with van der Waals surface area (Å²) in [6.45, 7) is 6.94. The number of aromatic hydroxyl groups is 1. The van der Waals surface area contributed by atoms with Gasteiger partial charge in [-0.3, -0.25) is 9.69 Å². The van der Waals surface area contributed by atoms with Crippen molar-refractivity contribution in [1.82, 2.24) is 9.80 Å². The van der Waals surface area contributed by atoms with Gasteiger partial charge in [0, 0.05) is 38.6 Å². The zero-order valence-corrected chi connectivity index (χ0v) is 15.9. The number of rotatable bonds is 5. The Morgan fingerprint density at radius 2 is 1.85 bits per heavy atom. The van der Waals surface area contributed by atoms with E-state index in [2.05, 4.69) is 18.7 Å². The van der Waals surface area contributed by atoms with Crippen molar-refractivity contribution in [3.63, 3.8) is 0 Å². The monoisotopic (exact) mass is 370 g/mol. The number of phenols is 1. The summed E-state index contributed by atoms with van der Waals surface area (Å²) < 4.78 is 13.2. The SMILES string of the molecule is CC(C)[C@@H]1CN(Cc2cccc(O)c2)CCC(=O)N1Cc1ccc(F)cc1. The van der Waals surface area contributed by atoms with Crippen molar-refractivity contribution in [2.75, 3.05) is 13.1 Å². The minimum absolute atomic E-state index is 0.0855. The average molecular weight is 370 g/mol. The molecule has 1 aliphatic heterocycles. The van der Waals surface area contributed by atoms with Crippen molar-refractivity contribution in [2.45, 2.75) is 39.4 Å². The molecule has 0 spiro atoms. The van der Waals surface area contributed by atoms with E-state index < -0.39 is 0 Å². The summed E-state index contributed by atoms with van der Waals surface area (Å²) in [5, 5.41) is 9.70. The average Bonchev–Trinajstić information content (AvgIpc) is 2.77. The van der Waals surface area contributed by atoms with Crippen LogP contribution in [0.25, 0.3) is 0 Å². The molecule has 27 heavy (non-hydrogen) atoms. The number of carbonyl (C=O) groups is 1. The van der Waals surface area contributed by atoms with Gasteiger partial charge in [0.05, 0.1) is 0 Å². The van der Waals surface area contributed by atoms with Crippen molar-refractivity contribution < 1.29 is 14.3 Å². The first-order valence-corrected chi connectivity index (χ1v) is 9.46. The Balaban J connectivity index is 1.76. The third-order valence-electron chi connectivity index (χ3n) is 5.16. The molecule has 144 valence electrons. The maximum Gasteiger partial charge on any atom is 0.224 e. The normalized spacial score (nSPS) is 18.7. The van der Waals surface area contributed by atoms with Gasteiger partial charge >= 0.3 is 0 Å². The summed E-state index contributed by atoms with van der Waals surface area (Å²) in [5.41, 5.74) is 1.98. The highest BCUT2D eigenvalue weighted by Crippen LogP contribution is 2.23. The summed E-state index contributed by atoms with van der Waals surface area (Å²) in [4.78, 5) is 17.1. The maximum absolute atomic E-state index is 13.2. The van der Waals surface area contributed by atoms with E-state index in [-0.39, 0.29) is 23.5 Å². The zero-order chi connectivity index (χ0) is 19.4. The van der Waals surface area contributed by atoms with Crippen LogP contribution in [0.2, 0.25) is 0 Å². The fraction of sp³-hybridized carbons (Fsp3) is 0.409. The number of nitrogens with zero attached hydrogens (tertiary/aromatic N) is 2. The molecule has 1 amide bonds. The van der Waals surface area contributed by atoms with Crippen LogP contribution in [0.4, 0.5) is 4.39 Å². The molecule has 2 aromatic carbocycles. The molecule has 0 aromatic heterocycles.